The smallest absolute Gasteiger partial charge is 0.0541 e. The lowest BCUT2D eigenvalue weighted by Crippen LogP contribution is -2.02. The number of hydrogen-bond donors (Lipinski definition) is 0. The number of fused-ring (bicyclic) bond motifs is 4. The van der Waals surface area contributed by atoms with Crippen molar-refractivity contribution in [3.05, 3.63) is 115 Å². The Hall–Kier alpha value is -4.04. The second-order valence-corrected chi connectivity index (χ2v) is 8.16. The van der Waals surface area contributed by atoms with Crippen LogP contribution in [0.4, 0.5) is 0 Å². The van der Waals surface area contributed by atoms with Gasteiger partial charge in [-0.3, -0.25) is 0 Å². The van der Waals surface area contributed by atoms with Crippen molar-refractivity contribution in [2.45, 2.75) is 13.3 Å². The van der Waals surface area contributed by atoms with Crippen molar-refractivity contribution in [2.24, 2.45) is 0 Å². The molecule has 0 fully saturated rings. The van der Waals surface area contributed by atoms with Crippen LogP contribution in [0.1, 0.15) is 18.2 Å². The quantitative estimate of drug-likeness (QED) is 0.278. The lowest BCUT2D eigenvalue weighted by molar-refractivity contribution is 0.955. The number of rotatable bonds is 4. The van der Waals surface area contributed by atoms with E-state index in [-0.39, 0.29) is 0 Å². The average Bonchev–Trinajstić information content (AvgIpc) is 3.36. The summed E-state index contributed by atoms with van der Waals surface area (Å²) in [6.45, 7) is 6.32. The highest BCUT2D eigenvalue weighted by Gasteiger charge is 2.16. The van der Waals surface area contributed by atoms with Crippen LogP contribution in [0.2, 0.25) is 0 Å². The fourth-order valence-corrected chi connectivity index (χ4v) is 5.16. The van der Waals surface area contributed by atoms with Crippen LogP contribution >= 0.6 is 0 Å². The number of aromatic nitrogens is 2. The van der Waals surface area contributed by atoms with Gasteiger partial charge in [-0.25, -0.2) is 0 Å². The molecule has 4 aromatic carbocycles. The second kappa shape index (κ2) is 7.28. The van der Waals surface area contributed by atoms with Gasteiger partial charge in [-0.2, -0.15) is 0 Å². The highest BCUT2D eigenvalue weighted by molar-refractivity contribution is 6.09. The van der Waals surface area contributed by atoms with Gasteiger partial charge in [0.25, 0.3) is 0 Å². The molecule has 2 aromatic heterocycles. The zero-order chi connectivity index (χ0) is 21.7. The maximum atomic E-state index is 4.11. The first-order valence-corrected chi connectivity index (χ1v) is 11.2. The summed E-state index contributed by atoms with van der Waals surface area (Å²) in [6.07, 6.45) is 2.93. The molecule has 6 aromatic rings. The van der Waals surface area contributed by atoms with Gasteiger partial charge in [0, 0.05) is 38.8 Å². The van der Waals surface area contributed by atoms with Crippen LogP contribution in [-0.2, 0) is 6.42 Å². The van der Waals surface area contributed by atoms with Gasteiger partial charge >= 0.3 is 0 Å². The van der Waals surface area contributed by atoms with Gasteiger partial charge in [0.2, 0.25) is 0 Å². The summed E-state index contributed by atoms with van der Waals surface area (Å²) in [5.41, 5.74) is 8.53. The van der Waals surface area contributed by atoms with Crippen molar-refractivity contribution < 1.29 is 0 Å². The molecule has 6 rings (SSSR count). The standard InChI is InChI=1S/C30H24N2/c1-3-23-24-14-5-8-17-28(24)31(27(23)4-2)21-12-11-13-22(20-21)32-29-18-9-6-15-25(29)26-16-7-10-19-30(26)32/h3,5-20H,1,4H2,2H3. The van der Waals surface area contributed by atoms with Crippen LogP contribution in [-0.4, -0.2) is 9.13 Å². The highest BCUT2D eigenvalue weighted by atomic mass is 15.0. The molecule has 0 aliphatic carbocycles. The first-order chi connectivity index (χ1) is 15.8. The molecule has 0 aliphatic rings. The van der Waals surface area contributed by atoms with Gasteiger partial charge in [-0.15, -0.1) is 0 Å². The summed E-state index contributed by atoms with van der Waals surface area (Å²) in [6, 6.07) is 34.8. The third-order valence-electron chi connectivity index (χ3n) is 6.48. The number of hydrogen-bond acceptors (Lipinski definition) is 0. The molecule has 2 heterocycles. The minimum atomic E-state index is 0.940. The van der Waals surface area contributed by atoms with Gasteiger partial charge in [0.15, 0.2) is 0 Å². The summed E-state index contributed by atoms with van der Waals surface area (Å²) in [7, 11) is 0. The fraction of sp³-hybridized carbons (Fsp3) is 0.0667. The molecule has 0 saturated heterocycles. The van der Waals surface area contributed by atoms with Gasteiger partial charge < -0.3 is 9.13 Å². The van der Waals surface area contributed by atoms with E-state index in [0.29, 0.717) is 0 Å². The predicted octanol–water partition coefficient (Wildman–Crippen LogP) is 7.93. The predicted molar refractivity (Wildman–Crippen MR) is 137 cm³/mol. The minimum Gasteiger partial charge on any atom is -0.313 e. The van der Waals surface area contributed by atoms with E-state index in [4.69, 9.17) is 0 Å². The lowest BCUT2D eigenvalue weighted by atomic mass is 10.1. The Morgan fingerprint density at radius 1 is 0.625 bits per heavy atom. The van der Waals surface area contributed by atoms with E-state index in [1.807, 2.05) is 6.08 Å². The van der Waals surface area contributed by atoms with Crippen molar-refractivity contribution in [2.75, 3.05) is 0 Å². The maximum absolute atomic E-state index is 4.11. The first-order valence-electron chi connectivity index (χ1n) is 11.2. The summed E-state index contributed by atoms with van der Waals surface area (Å²) >= 11 is 0. The molecule has 0 bridgehead atoms. The number of para-hydroxylation sites is 3. The second-order valence-electron chi connectivity index (χ2n) is 8.16. The molecular formula is C30H24N2. The maximum Gasteiger partial charge on any atom is 0.0541 e. The van der Waals surface area contributed by atoms with Crippen molar-refractivity contribution >= 4 is 38.8 Å². The lowest BCUT2D eigenvalue weighted by Gasteiger charge is -2.14. The average molecular weight is 413 g/mol. The van der Waals surface area contributed by atoms with E-state index in [1.165, 1.54) is 55.3 Å². The SMILES string of the molecule is C=Cc1c(CC)n(-c2cccc(-n3c4ccccc4c4ccccc43)c2)c2ccccc12. The van der Waals surface area contributed by atoms with Gasteiger partial charge in [0.1, 0.15) is 0 Å². The summed E-state index contributed by atoms with van der Waals surface area (Å²) < 4.78 is 4.77. The third-order valence-corrected chi connectivity index (χ3v) is 6.48. The molecule has 0 atom stereocenters. The van der Waals surface area contributed by atoms with Crippen LogP contribution in [0.15, 0.2) is 104 Å². The number of benzene rings is 4. The van der Waals surface area contributed by atoms with E-state index >= 15 is 0 Å². The molecule has 0 amide bonds. The molecular weight excluding hydrogens is 388 g/mol. The summed E-state index contributed by atoms with van der Waals surface area (Å²) in [5.74, 6) is 0. The Kier molecular flexibility index (Phi) is 4.26. The molecule has 0 unspecified atom stereocenters. The van der Waals surface area contributed by atoms with Crippen LogP contribution in [0.5, 0.6) is 0 Å². The van der Waals surface area contributed by atoms with Crippen molar-refractivity contribution in [3.8, 4) is 11.4 Å². The molecule has 0 spiro atoms. The summed E-state index contributed by atoms with van der Waals surface area (Å²) in [4.78, 5) is 0. The minimum absolute atomic E-state index is 0.940. The fourth-order valence-electron chi connectivity index (χ4n) is 5.16. The van der Waals surface area contributed by atoms with Crippen LogP contribution < -0.4 is 0 Å². The van der Waals surface area contributed by atoms with Crippen LogP contribution in [0, 0.1) is 0 Å². The number of nitrogens with zero attached hydrogens (tertiary/aromatic N) is 2. The van der Waals surface area contributed by atoms with Crippen molar-refractivity contribution in [1.29, 1.82) is 0 Å². The van der Waals surface area contributed by atoms with E-state index in [2.05, 4.69) is 120 Å². The molecule has 0 saturated carbocycles. The Morgan fingerprint density at radius 3 is 1.69 bits per heavy atom. The van der Waals surface area contributed by atoms with Gasteiger partial charge in [0.05, 0.1) is 16.6 Å². The van der Waals surface area contributed by atoms with Crippen LogP contribution in [0.25, 0.3) is 50.2 Å². The Morgan fingerprint density at radius 2 is 1.12 bits per heavy atom. The van der Waals surface area contributed by atoms with E-state index in [9.17, 15) is 0 Å². The third kappa shape index (κ3) is 2.59. The highest BCUT2D eigenvalue weighted by Crippen LogP contribution is 2.34. The Balaban J connectivity index is 1.66. The first kappa shape index (κ1) is 18.7. The van der Waals surface area contributed by atoms with Gasteiger partial charge in [-0.05, 0) is 42.8 Å². The van der Waals surface area contributed by atoms with Gasteiger partial charge in [-0.1, -0.05) is 80.2 Å². The Bertz CT molecular complexity index is 1570. The van der Waals surface area contributed by atoms with Crippen LogP contribution in [0.3, 0.4) is 0 Å². The molecule has 154 valence electrons. The largest absolute Gasteiger partial charge is 0.313 e. The Labute approximate surface area is 187 Å². The van der Waals surface area contributed by atoms with Crippen molar-refractivity contribution in [1.82, 2.24) is 9.13 Å². The zero-order valence-corrected chi connectivity index (χ0v) is 18.1. The molecule has 32 heavy (non-hydrogen) atoms. The zero-order valence-electron chi connectivity index (χ0n) is 18.1. The topological polar surface area (TPSA) is 9.86 Å². The van der Waals surface area contributed by atoms with E-state index in [0.717, 1.165) is 6.42 Å². The molecule has 0 aliphatic heterocycles. The van der Waals surface area contributed by atoms with Crippen molar-refractivity contribution in [3.63, 3.8) is 0 Å². The van der Waals surface area contributed by atoms with E-state index in [1.54, 1.807) is 0 Å². The molecule has 0 radical (unpaired) electrons. The van der Waals surface area contributed by atoms with E-state index < -0.39 is 0 Å². The molecule has 2 heteroatoms. The molecule has 2 nitrogen and oxygen atoms in total. The normalized spacial score (nSPS) is 11.5. The summed E-state index contributed by atoms with van der Waals surface area (Å²) in [5, 5.41) is 3.81. The monoisotopic (exact) mass is 412 g/mol. The molecule has 0 N–H and O–H groups in total.